The molecule has 0 heterocycles. The van der Waals surface area contributed by atoms with Crippen LogP contribution in [0.3, 0.4) is 0 Å². The molecule has 1 fully saturated rings. The van der Waals surface area contributed by atoms with Crippen molar-refractivity contribution in [2.45, 2.75) is 53.0 Å². The van der Waals surface area contributed by atoms with E-state index < -0.39 is 0 Å². The van der Waals surface area contributed by atoms with Crippen LogP contribution in [-0.4, -0.2) is 12.6 Å². The fourth-order valence-corrected chi connectivity index (χ4v) is 2.52. The molecule has 1 N–H and O–H groups in total. The normalized spacial score (nSPS) is 30.6. The maximum Gasteiger partial charge on any atom is 0.0578 e. The van der Waals surface area contributed by atoms with Crippen molar-refractivity contribution in [2.24, 2.45) is 11.3 Å². The van der Waals surface area contributed by atoms with Crippen molar-refractivity contribution in [3.63, 3.8) is 0 Å². The van der Waals surface area contributed by atoms with E-state index in [0.29, 0.717) is 11.5 Å². The first kappa shape index (κ1) is 11.6. The molecule has 1 aliphatic carbocycles. The molecule has 0 amide bonds. The van der Waals surface area contributed by atoms with Crippen molar-refractivity contribution in [1.82, 2.24) is 5.32 Å². The molecule has 0 aromatic rings. The van der Waals surface area contributed by atoms with Crippen molar-refractivity contribution in [3.8, 4) is 11.8 Å². The third-order valence-electron chi connectivity index (χ3n) is 3.32. The summed E-state index contributed by atoms with van der Waals surface area (Å²) in [7, 11) is 0. The molecule has 14 heavy (non-hydrogen) atoms. The average Bonchev–Trinajstić information content (AvgIpc) is 2.08. The van der Waals surface area contributed by atoms with Crippen LogP contribution in [0.4, 0.5) is 0 Å². The molecular formula is C13H23N. The van der Waals surface area contributed by atoms with Gasteiger partial charge in [-0.2, -0.15) is 0 Å². The van der Waals surface area contributed by atoms with E-state index in [4.69, 9.17) is 0 Å². The third-order valence-corrected chi connectivity index (χ3v) is 3.32. The predicted molar refractivity (Wildman–Crippen MR) is 62.0 cm³/mol. The van der Waals surface area contributed by atoms with E-state index >= 15 is 0 Å². The van der Waals surface area contributed by atoms with Crippen molar-refractivity contribution in [2.75, 3.05) is 6.54 Å². The summed E-state index contributed by atoms with van der Waals surface area (Å²) in [6, 6.07) is 0.684. The van der Waals surface area contributed by atoms with Crippen LogP contribution in [0.25, 0.3) is 0 Å². The van der Waals surface area contributed by atoms with Gasteiger partial charge in [0.05, 0.1) is 6.54 Å². The summed E-state index contributed by atoms with van der Waals surface area (Å²) in [6.07, 6.45) is 3.98. The molecule has 1 aliphatic rings. The topological polar surface area (TPSA) is 12.0 Å². The Morgan fingerprint density at radius 3 is 2.71 bits per heavy atom. The highest BCUT2D eigenvalue weighted by Crippen LogP contribution is 2.38. The summed E-state index contributed by atoms with van der Waals surface area (Å²) in [5.41, 5.74) is 0.550. The van der Waals surface area contributed by atoms with Gasteiger partial charge in [-0.25, -0.2) is 0 Å². The first-order valence-electron chi connectivity index (χ1n) is 5.68. The first-order chi connectivity index (χ1) is 6.55. The molecule has 1 nitrogen and oxygen atoms in total. The average molecular weight is 193 g/mol. The van der Waals surface area contributed by atoms with Crippen LogP contribution in [-0.2, 0) is 0 Å². The number of hydrogen-bond donors (Lipinski definition) is 1. The minimum Gasteiger partial charge on any atom is -0.303 e. The summed E-state index contributed by atoms with van der Waals surface area (Å²) >= 11 is 0. The molecule has 1 heteroatoms. The Bertz CT molecular complexity index is 231. The molecule has 2 unspecified atom stereocenters. The zero-order chi connectivity index (χ0) is 10.6. The summed E-state index contributed by atoms with van der Waals surface area (Å²) < 4.78 is 0. The van der Waals surface area contributed by atoms with E-state index in [1.54, 1.807) is 0 Å². The van der Waals surface area contributed by atoms with Gasteiger partial charge in [-0.1, -0.05) is 26.7 Å². The maximum absolute atomic E-state index is 3.54. The second kappa shape index (κ2) is 4.84. The van der Waals surface area contributed by atoms with E-state index in [0.717, 1.165) is 12.5 Å². The largest absolute Gasteiger partial charge is 0.303 e. The lowest BCUT2D eigenvalue weighted by Crippen LogP contribution is -2.41. The van der Waals surface area contributed by atoms with E-state index in [9.17, 15) is 0 Å². The maximum atomic E-state index is 3.54. The van der Waals surface area contributed by atoms with Crippen molar-refractivity contribution < 1.29 is 0 Å². The lowest BCUT2D eigenvalue weighted by atomic mass is 9.70. The van der Waals surface area contributed by atoms with E-state index in [1.165, 1.54) is 19.3 Å². The van der Waals surface area contributed by atoms with Gasteiger partial charge < -0.3 is 5.32 Å². The van der Waals surface area contributed by atoms with Crippen LogP contribution in [0.2, 0.25) is 0 Å². The Labute approximate surface area is 88.7 Å². The van der Waals surface area contributed by atoms with Gasteiger partial charge in [-0.3, -0.25) is 0 Å². The highest BCUT2D eigenvalue weighted by Gasteiger charge is 2.31. The third kappa shape index (κ3) is 3.35. The minimum absolute atomic E-state index is 0.550. The molecule has 0 radical (unpaired) electrons. The Balaban J connectivity index is 2.37. The monoisotopic (exact) mass is 193 g/mol. The SMILES string of the molecule is CC#CCNC1CCC(C)(C)CC1C. The van der Waals surface area contributed by atoms with Gasteiger partial charge >= 0.3 is 0 Å². The first-order valence-corrected chi connectivity index (χ1v) is 5.68. The van der Waals surface area contributed by atoms with Crippen LogP contribution in [0, 0.1) is 23.2 Å². The van der Waals surface area contributed by atoms with Crippen LogP contribution in [0.1, 0.15) is 47.0 Å². The molecule has 0 spiro atoms. The number of rotatable bonds is 2. The van der Waals surface area contributed by atoms with Gasteiger partial charge in [0.2, 0.25) is 0 Å². The van der Waals surface area contributed by atoms with E-state index in [-0.39, 0.29) is 0 Å². The molecule has 0 saturated heterocycles. The Kier molecular flexibility index (Phi) is 4.01. The zero-order valence-corrected chi connectivity index (χ0v) is 9.98. The van der Waals surface area contributed by atoms with Crippen molar-refractivity contribution in [3.05, 3.63) is 0 Å². The van der Waals surface area contributed by atoms with Gasteiger partial charge in [0.1, 0.15) is 0 Å². The second-order valence-electron chi connectivity index (χ2n) is 5.30. The van der Waals surface area contributed by atoms with Crippen molar-refractivity contribution >= 4 is 0 Å². The molecule has 0 aliphatic heterocycles. The lowest BCUT2D eigenvalue weighted by Gasteiger charge is -2.39. The molecule has 1 rings (SSSR count). The summed E-state index contributed by atoms with van der Waals surface area (Å²) in [5, 5.41) is 3.54. The molecule has 0 aromatic heterocycles. The highest BCUT2D eigenvalue weighted by molar-refractivity contribution is 4.98. The Morgan fingerprint density at radius 1 is 1.43 bits per heavy atom. The van der Waals surface area contributed by atoms with Gasteiger partial charge in [0.25, 0.3) is 0 Å². The minimum atomic E-state index is 0.550. The lowest BCUT2D eigenvalue weighted by molar-refractivity contribution is 0.152. The standard InChI is InChI=1S/C13H23N/c1-5-6-9-14-12-7-8-13(3,4)10-11(12)2/h11-12,14H,7-10H2,1-4H3. The second-order valence-corrected chi connectivity index (χ2v) is 5.30. The molecular weight excluding hydrogens is 170 g/mol. The molecule has 80 valence electrons. The molecule has 1 saturated carbocycles. The van der Waals surface area contributed by atoms with Gasteiger partial charge in [0, 0.05) is 6.04 Å². The van der Waals surface area contributed by atoms with E-state index in [2.05, 4.69) is 37.9 Å². The molecule has 0 aromatic carbocycles. The predicted octanol–water partition coefficient (Wildman–Crippen LogP) is 2.81. The Morgan fingerprint density at radius 2 is 2.14 bits per heavy atom. The number of hydrogen-bond acceptors (Lipinski definition) is 1. The van der Waals surface area contributed by atoms with Gasteiger partial charge in [0.15, 0.2) is 0 Å². The summed E-state index contributed by atoms with van der Waals surface area (Å²) in [6.45, 7) is 9.87. The van der Waals surface area contributed by atoms with Gasteiger partial charge in [-0.05, 0) is 37.5 Å². The van der Waals surface area contributed by atoms with Crippen LogP contribution >= 0.6 is 0 Å². The quantitative estimate of drug-likeness (QED) is 0.665. The van der Waals surface area contributed by atoms with Crippen LogP contribution in [0.5, 0.6) is 0 Å². The smallest absolute Gasteiger partial charge is 0.0578 e. The van der Waals surface area contributed by atoms with Crippen LogP contribution < -0.4 is 5.32 Å². The fourth-order valence-electron chi connectivity index (χ4n) is 2.52. The Hall–Kier alpha value is -0.480. The highest BCUT2D eigenvalue weighted by atomic mass is 14.9. The van der Waals surface area contributed by atoms with Gasteiger partial charge in [-0.15, -0.1) is 5.92 Å². The summed E-state index contributed by atoms with van der Waals surface area (Å²) in [4.78, 5) is 0. The molecule has 2 atom stereocenters. The fraction of sp³-hybridized carbons (Fsp3) is 0.846. The molecule has 0 bridgehead atoms. The van der Waals surface area contributed by atoms with Crippen LogP contribution in [0.15, 0.2) is 0 Å². The van der Waals surface area contributed by atoms with Crippen molar-refractivity contribution in [1.29, 1.82) is 0 Å². The number of nitrogens with one attached hydrogen (secondary N) is 1. The zero-order valence-electron chi connectivity index (χ0n) is 9.98. The summed E-state index contributed by atoms with van der Waals surface area (Å²) in [5.74, 6) is 6.79. The van der Waals surface area contributed by atoms with E-state index in [1.807, 2.05) is 6.92 Å².